The van der Waals surface area contributed by atoms with Gasteiger partial charge in [0, 0.05) is 31.4 Å². The summed E-state index contributed by atoms with van der Waals surface area (Å²) in [6, 6.07) is 7.40. The van der Waals surface area contributed by atoms with Gasteiger partial charge in [0.15, 0.2) is 0 Å². The van der Waals surface area contributed by atoms with Crippen molar-refractivity contribution < 1.29 is 4.39 Å². The lowest BCUT2D eigenvalue weighted by Crippen LogP contribution is -2.53. The minimum atomic E-state index is -0.164. The van der Waals surface area contributed by atoms with Gasteiger partial charge in [0.1, 0.15) is 5.82 Å². The van der Waals surface area contributed by atoms with Crippen LogP contribution < -0.4 is 4.90 Å². The van der Waals surface area contributed by atoms with Crippen molar-refractivity contribution in [1.29, 1.82) is 0 Å². The normalized spacial score (nSPS) is 22.2. The van der Waals surface area contributed by atoms with Gasteiger partial charge in [0.05, 0.1) is 0 Å². The summed E-state index contributed by atoms with van der Waals surface area (Å²) in [5.74, 6) is 0.478. The molecular weight excluding hydrogens is 215 g/mol. The number of piperazine rings is 1. The van der Waals surface area contributed by atoms with E-state index in [1.807, 2.05) is 12.1 Å². The highest BCUT2D eigenvalue weighted by atomic mass is 19.1. The molecule has 0 radical (unpaired) electrons. The largest absolute Gasteiger partial charge is 0.369 e. The van der Waals surface area contributed by atoms with E-state index in [1.165, 1.54) is 12.1 Å². The summed E-state index contributed by atoms with van der Waals surface area (Å²) in [5, 5.41) is 0. The van der Waals surface area contributed by atoms with Crippen LogP contribution in [0.3, 0.4) is 0 Å². The Kier molecular flexibility index (Phi) is 3.67. The molecule has 3 heteroatoms. The third-order valence-corrected chi connectivity index (χ3v) is 3.66. The van der Waals surface area contributed by atoms with Gasteiger partial charge in [-0.3, -0.25) is 4.90 Å². The van der Waals surface area contributed by atoms with Crippen LogP contribution in [-0.2, 0) is 0 Å². The van der Waals surface area contributed by atoms with E-state index in [1.54, 1.807) is 0 Å². The van der Waals surface area contributed by atoms with Crippen molar-refractivity contribution in [2.24, 2.45) is 5.92 Å². The summed E-state index contributed by atoms with van der Waals surface area (Å²) in [6.45, 7) is 7.63. The minimum absolute atomic E-state index is 0.164. The monoisotopic (exact) mass is 236 g/mol. The molecule has 1 fully saturated rings. The fourth-order valence-electron chi connectivity index (χ4n) is 2.51. The number of hydrogen-bond acceptors (Lipinski definition) is 2. The Balaban J connectivity index is 2.10. The van der Waals surface area contributed by atoms with E-state index in [2.05, 4.69) is 30.7 Å². The Morgan fingerprint density at radius 3 is 2.41 bits per heavy atom. The van der Waals surface area contributed by atoms with Crippen LogP contribution in [0.2, 0.25) is 0 Å². The maximum atomic E-state index is 12.9. The van der Waals surface area contributed by atoms with E-state index in [0.29, 0.717) is 12.0 Å². The summed E-state index contributed by atoms with van der Waals surface area (Å²) < 4.78 is 12.9. The number of benzene rings is 1. The first kappa shape index (κ1) is 12.4. The molecule has 0 aliphatic carbocycles. The second kappa shape index (κ2) is 5.05. The lowest BCUT2D eigenvalue weighted by atomic mass is 10.00. The van der Waals surface area contributed by atoms with Crippen LogP contribution in [-0.4, -0.2) is 37.6 Å². The molecule has 0 bridgehead atoms. The van der Waals surface area contributed by atoms with Gasteiger partial charge in [-0.05, 0) is 37.2 Å². The Morgan fingerprint density at radius 2 is 1.82 bits per heavy atom. The zero-order valence-corrected chi connectivity index (χ0v) is 10.9. The topological polar surface area (TPSA) is 6.48 Å². The van der Waals surface area contributed by atoms with Crippen molar-refractivity contribution in [2.45, 2.75) is 19.9 Å². The molecule has 94 valence electrons. The van der Waals surface area contributed by atoms with Gasteiger partial charge in [-0.2, -0.15) is 0 Å². The molecule has 1 aliphatic rings. The highest BCUT2D eigenvalue weighted by Crippen LogP contribution is 2.21. The SMILES string of the molecule is CC(C)C1CN(c2ccc(F)cc2)CCN1C. The van der Waals surface area contributed by atoms with E-state index in [4.69, 9.17) is 0 Å². The molecule has 1 aromatic rings. The molecule has 1 unspecified atom stereocenters. The lowest BCUT2D eigenvalue weighted by molar-refractivity contribution is 0.173. The van der Waals surface area contributed by atoms with Crippen LogP contribution in [0.15, 0.2) is 24.3 Å². The summed E-state index contributed by atoms with van der Waals surface area (Å²) in [6.07, 6.45) is 0. The highest BCUT2D eigenvalue weighted by Gasteiger charge is 2.26. The van der Waals surface area contributed by atoms with Crippen LogP contribution in [0.5, 0.6) is 0 Å². The molecule has 1 saturated heterocycles. The third-order valence-electron chi connectivity index (χ3n) is 3.66. The van der Waals surface area contributed by atoms with Crippen LogP contribution in [0.25, 0.3) is 0 Å². The number of anilines is 1. The van der Waals surface area contributed by atoms with Crippen molar-refractivity contribution >= 4 is 5.69 Å². The van der Waals surface area contributed by atoms with Gasteiger partial charge in [-0.1, -0.05) is 13.8 Å². The molecule has 0 N–H and O–H groups in total. The minimum Gasteiger partial charge on any atom is -0.369 e. The van der Waals surface area contributed by atoms with Crippen molar-refractivity contribution in [3.63, 3.8) is 0 Å². The molecule has 2 rings (SSSR count). The van der Waals surface area contributed by atoms with Crippen LogP contribution in [0.4, 0.5) is 10.1 Å². The second-order valence-corrected chi connectivity index (χ2v) is 5.21. The van der Waals surface area contributed by atoms with Crippen LogP contribution in [0, 0.1) is 11.7 Å². The summed E-state index contributed by atoms with van der Waals surface area (Å²) in [4.78, 5) is 4.77. The molecule has 1 heterocycles. The summed E-state index contributed by atoms with van der Waals surface area (Å²) in [5.41, 5.74) is 1.13. The molecule has 0 amide bonds. The van der Waals surface area contributed by atoms with Crippen LogP contribution in [0.1, 0.15) is 13.8 Å². The Labute approximate surface area is 103 Å². The van der Waals surface area contributed by atoms with E-state index in [-0.39, 0.29) is 5.82 Å². The fourth-order valence-corrected chi connectivity index (χ4v) is 2.51. The highest BCUT2D eigenvalue weighted by molar-refractivity contribution is 5.47. The second-order valence-electron chi connectivity index (χ2n) is 5.21. The molecule has 1 aromatic carbocycles. The molecule has 0 spiro atoms. The predicted octanol–water partition coefficient (Wildman–Crippen LogP) is 2.60. The zero-order valence-electron chi connectivity index (χ0n) is 10.9. The Morgan fingerprint density at radius 1 is 1.18 bits per heavy atom. The molecule has 1 atom stereocenters. The molecule has 2 nitrogen and oxygen atoms in total. The van der Waals surface area contributed by atoms with E-state index in [0.717, 1.165) is 25.3 Å². The van der Waals surface area contributed by atoms with Gasteiger partial charge < -0.3 is 4.90 Å². The van der Waals surface area contributed by atoms with Gasteiger partial charge in [-0.25, -0.2) is 4.39 Å². The molecule has 1 aliphatic heterocycles. The average Bonchev–Trinajstić information content (AvgIpc) is 2.30. The molecular formula is C14H21FN2. The maximum absolute atomic E-state index is 12.9. The average molecular weight is 236 g/mol. The molecule has 0 aromatic heterocycles. The number of rotatable bonds is 2. The van der Waals surface area contributed by atoms with Gasteiger partial charge in [-0.15, -0.1) is 0 Å². The number of likely N-dealkylation sites (N-methyl/N-ethyl adjacent to an activating group) is 1. The van der Waals surface area contributed by atoms with E-state index >= 15 is 0 Å². The predicted molar refractivity (Wildman–Crippen MR) is 69.9 cm³/mol. The fraction of sp³-hybridized carbons (Fsp3) is 0.571. The summed E-state index contributed by atoms with van der Waals surface area (Å²) >= 11 is 0. The Bertz CT molecular complexity index is 361. The maximum Gasteiger partial charge on any atom is 0.123 e. The van der Waals surface area contributed by atoms with E-state index < -0.39 is 0 Å². The van der Waals surface area contributed by atoms with Gasteiger partial charge >= 0.3 is 0 Å². The molecule has 0 saturated carbocycles. The molecule has 17 heavy (non-hydrogen) atoms. The van der Waals surface area contributed by atoms with E-state index in [9.17, 15) is 4.39 Å². The first-order chi connectivity index (χ1) is 8.08. The summed E-state index contributed by atoms with van der Waals surface area (Å²) in [7, 11) is 2.19. The quantitative estimate of drug-likeness (QED) is 0.779. The smallest absolute Gasteiger partial charge is 0.123 e. The number of nitrogens with zero attached hydrogens (tertiary/aromatic N) is 2. The first-order valence-corrected chi connectivity index (χ1v) is 6.28. The first-order valence-electron chi connectivity index (χ1n) is 6.28. The van der Waals surface area contributed by atoms with Crippen molar-refractivity contribution in [2.75, 3.05) is 31.6 Å². The third kappa shape index (κ3) is 2.78. The van der Waals surface area contributed by atoms with Gasteiger partial charge in [0.25, 0.3) is 0 Å². The van der Waals surface area contributed by atoms with Crippen LogP contribution >= 0.6 is 0 Å². The Hall–Kier alpha value is -1.09. The lowest BCUT2D eigenvalue weighted by Gasteiger charge is -2.42. The number of hydrogen-bond donors (Lipinski definition) is 0. The van der Waals surface area contributed by atoms with Crippen molar-refractivity contribution in [1.82, 2.24) is 4.90 Å². The van der Waals surface area contributed by atoms with Crippen molar-refractivity contribution in [3.8, 4) is 0 Å². The zero-order chi connectivity index (χ0) is 12.4. The standard InChI is InChI=1S/C14H21FN2/c1-11(2)14-10-17(9-8-16(14)3)13-6-4-12(15)5-7-13/h4-7,11,14H,8-10H2,1-3H3. The number of halogens is 1. The van der Waals surface area contributed by atoms with Crippen molar-refractivity contribution in [3.05, 3.63) is 30.1 Å². The van der Waals surface area contributed by atoms with Gasteiger partial charge in [0.2, 0.25) is 0 Å².